The molecule has 0 fully saturated rings. The molecule has 1 aliphatic carbocycles. The average molecular weight is 313 g/mol. The molecule has 1 aromatic heterocycles. The van der Waals surface area contributed by atoms with Gasteiger partial charge in [-0.25, -0.2) is 4.79 Å². The van der Waals surface area contributed by atoms with Crippen LogP contribution in [0.4, 0.5) is 0 Å². The monoisotopic (exact) mass is 312 g/mol. The molecule has 2 nitrogen and oxygen atoms in total. The molecule has 4 heteroatoms. The van der Waals surface area contributed by atoms with Crippen molar-refractivity contribution in [1.29, 1.82) is 0 Å². The smallest absolute Gasteiger partial charge is 0.348 e. The van der Waals surface area contributed by atoms with Gasteiger partial charge < -0.3 is 4.74 Å². The van der Waals surface area contributed by atoms with Crippen molar-refractivity contribution in [3.8, 4) is 0 Å². The third kappa shape index (κ3) is 2.77. The zero-order valence-corrected chi connectivity index (χ0v) is 14.5. The molecule has 0 saturated carbocycles. The van der Waals surface area contributed by atoms with Crippen molar-refractivity contribution >= 4 is 29.1 Å². The lowest BCUT2D eigenvalue weighted by molar-refractivity contribution is 0.0530. The summed E-state index contributed by atoms with van der Waals surface area (Å²) in [4.78, 5) is 13.0. The van der Waals surface area contributed by atoms with E-state index < -0.39 is 0 Å². The maximum atomic E-state index is 12.1. The van der Waals surface area contributed by atoms with Crippen LogP contribution in [0.5, 0.6) is 0 Å². The molecule has 0 N–H and O–H groups in total. The van der Waals surface area contributed by atoms with Crippen LogP contribution in [-0.2, 0) is 17.6 Å². The van der Waals surface area contributed by atoms with Crippen LogP contribution in [0.2, 0.25) is 0 Å². The highest BCUT2D eigenvalue weighted by Crippen LogP contribution is 2.47. The van der Waals surface area contributed by atoms with Crippen molar-refractivity contribution in [2.45, 2.75) is 57.1 Å². The van der Waals surface area contributed by atoms with E-state index in [2.05, 4.69) is 20.1 Å². The Labute approximate surface area is 130 Å². The summed E-state index contributed by atoms with van der Waals surface area (Å²) in [7, 11) is 0. The molecule has 0 amide bonds. The maximum absolute atomic E-state index is 12.1. The van der Waals surface area contributed by atoms with Crippen LogP contribution in [0.3, 0.4) is 0 Å². The van der Waals surface area contributed by atoms with Gasteiger partial charge in [0.05, 0.1) is 10.8 Å². The quantitative estimate of drug-likeness (QED) is 0.569. The van der Waals surface area contributed by atoms with E-state index in [4.69, 9.17) is 4.74 Å². The molecule has 0 radical (unpaired) electrons. The highest BCUT2D eigenvalue weighted by Gasteiger charge is 2.36. The predicted molar refractivity (Wildman–Crippen MR) is 87.1 cm³/mol. The standard InChI is InChI=1S/C16H24O2S2/c1-5-16(6-2)9-8-11-12(10-16)15(19-4)20-13(11)14(17)18-7-3/h5-10H2,1-4H3. The Balaban J connectivity index is 2.40. The fourth-order valence-electron chi connectivity index (χ4n) is 3.15. The molecule has 20 heavy (non-hydrogen) atoms. The number of thioether (sulfide) groups is 1. The van der Waals surface area contributed by atoms with Gasteiger partial charge in [-0.05, 0) is 49.0 Å². The van der Waals surface area contributed by atoms with Gasteiger partial charge in [-0.15, -0.1) is 23.1 Å². The number of thiophene rings is 1. The SMILES string of the molecule is CCOC(=O)c1sc(SC)c2c1CCC(CC)(CC)C2. The molecule has 1 aliphatic rings. The largest absolute Gasteiger partial charge is 0.462 e. The summed E-state index contributed by atoms with van der Waals surface area (Å²) in [5, 5.41) is 0. The minimum absolute atomic E-state index is 0.130. The van der Waals surface area contributed by atoms with E-state index in [9.17, 15) is 4.79 Å². The number of rotatable bonds is 5. The van der Waals surface area contributed by atoms with E-state index in [1.807, 2.05) is 6.92 Å². The predicted octanol–water partition coefficient (Wildman–Crippen LogP) is 4.94. The van der Waals surface area contributed by atoms with Crippen molar-refractivity contribution < 1.29 is 9.53 Å². The summed E-state index contributed by atoms with van der Waals surface area (Å²) in [6, 6.07) is 0. The van der Waals surface area contributed by atoms with Gasteiger partial charge in [0.2, 0.25) is 0 Å². The first-order chi connectivity index (χ1) is 9.60. The van der Waals surface area contributed by atoms with Crippen LogP contribution in [0.15, 0.2) is 4.21 Å². The van der Waals surface area contributed by atoms with Crippen molar-refractivity contribution in [2.24, 2.45) is 5.41 Å². The lowest BCUT2D eigenvalue weighted by atomic mass is 9.69. The van der Waals surface area contributed by atoms with Crippen molar-refractivity contribution in [1.82, 2.24) is 0 Å². The summed E-state index contributed by atoms with van der Waals surface area (Å²) in [5.41, 5.74) is 3.14. The zero-order chi connectivity index (χ0) is 14.8. The molecule has 112 valence electrons. The van der Waals surface area contributed by atoms with Gasteiger partial charge >= 0.3 is 5.97 Å². The molecular weight excluding hydrogens is 288 g/mol. The highest BCUT2D eigenvalue weighted by atomic mass is 32.2. The lowest BCUT2D eigenvalue weighted by Crippen LogP contribution is -2.27. The van der Waals surface area contributed by atoms with Crippen molar-refractivity contribution in [3.63, 3.8) is 0 Å². The number of esters is 1. The van der Waals surface area contributed by atoms with E-state index in [-0.39, 0.29) is 5.97 Å². The zero-order valence-electron chi connectivity index (χ0n) is 12.9. The van der Waals surface area contributed by atoms with Crippen LogP contribution < -0.4 is 0 Å². The third-order valence-corrected chi connectivity index (χ3v) is 7.10. The number of carbonyl (C=O) groups excluding carboxylic acids is 1. The Morgan fingerprint density at radius 1 is 1.30 bits per heavy atom. The summed E-state index contributed by atoms with van der Waals surface area (Å²) < 4.78 is 6.53. The van der Waals surface area contributed by atoms with Crippen molar-refractivity contribution in [3.05, 3.63) is 16.0 Å². The second-order valence-corrected chi connectivity index (χ2v) is 7.58. The van der Waals surface area contributed by atoms with Gasteiger partial charge in [0, 0.05) is 0 Å². The highest BCUT2D eigenvalue weighted by molar-refractivity contribution is 8.00. The van der Waals surface area contributed by atoms with E-state index in [1.54, 1.807) is 23.1 Å². The third-order valence-electron chi connectivity index (χ3n) is 4.68. The fourth-order valence-corrected chi connectivity index (χ4v) is 5.17. The van der Waals surface area contributed by atoms with Crippen LogP contribution in [-0.4, -0.2) is 18.8 Å². The molecule has 0 saturated heterocycles. The van der Waals surface area contributed by atoms with E-state index in [0.717, 1.165) is 17.7 Å². The molecule has 1 heterocycles. The number of carbonyl (C=O) groups is 1. The van der Waals surface area contributed by atoms with Crippen LogP contribution >= 0.6 is 23.1 Å². The van der Waals surface area contributed by atoms with E-state index in [1.165, 1.54) is 34.6 Å². The molecular formula is C16H24O2S2. The van der Waals surface area contributed by atoms with Gasteiger partial charge in [0.15, 0.2) is 0 Å². The van der Waals surface area contributed by atoms with Crippen LogP contribution in [0.1, 0.15) is 60.8 Å². The molecule has 0 bridgehead atoms. The van der Waals surface area contributed by atoms with Crippen LogP contribution in [0.25, 0.3) is 0 Å². The number of fused-ring (bicyclic) bond motifs is 1. The lowest BCUT2D eigenvalue weighted by Gasteiger charge is -2.36. The Kier molecular flexibility index (Phi) is 5.19. The van der Waals surface area contributed by atoms with Gasteiger partial charge in [0.1, 0.15) is 4.88 Å². The van der Waals surface area contributed by atoms with Gasteiger partial charge in [0.25, 0.3) is 0 Å². The Morgan fingerprint density at radius 2 is 2.00 bits per heavy atom. The van der Waals surface area contributed by atoms with Crippen molar-refractivity contribution in [2.75, 3.05) is 12.9 Å². The molecule has 0 atom stereocenters. The van der Waals surface area contributed by atoms with Crippen LogP contribution in [0, 0.1) is 5.41 Å². The number of hydrogen-bond donors (Lipinski definition) is 0. The second-order valence-electron chi connectivity index (χ2n) is 5.48. The molecule has 1 aromatic rings. The summed E-state index contributed by atoms with van der Waals surface area (Å²) in [6.45, 7) is 6.92. The molecule has 0 aromatic carbocycles. The normalized spacial score (nSPS) is 16.8. The molecule has 0 spiro atoms. The summed E-state index contributed by atoms with van der Waals surface area (Å²) >= 11 is 3.41. The van der Waals surface area contributed by atoms with Gasteiger partial charge in [-0.3, -0.25) is 0 Å². The molecule has 0 unspecified atom stereocenters. The Morgan fingerprint density at radius 3 is 2.55 bits per heavy atom. The van der Waals surface area contributed by atoms with E-state index >= 15 is 0 Å². The first-order valence-electron chi connectivity index (χ1n) is 7.46. The maximum Gasteiger partial charge on any atom is 0.348 e. The first kappa shape index (κ1) is 15.9. The number of hydrogen-bond acceptors (Lipinski definition) is 4. The van der Waals surface area contributed by atoms with Gasteiger partial charge in [-0.2, -0.15) is 0 Å². The Bertz CT molecular complexity index is 487. The number of ether oxygens (including phenoxy) is 1. The molecule has 0 aliphatic heterocycles. The first-order valence-corrected chi connectivity index (χ1v) is 9.50. The topological polar surface area (TPSA) is 26.3 Å². The minimum Gasteiger partial charge on any atom is -0.462 e. The molecule has 2 rings (SSSR count). The fraction of sp³-hybridized carbons (Fsp3) is 0.688. The minimum atomic E-state index is -0.130. The summed E-state index contributed by atoms with van der Waals surface area (Å²) in [6.07, 6.45) is 7.91. The average Bonchev–Trinajstić information content (AvgIpc) is 2.84. The summed E-state index contributed by atoms with van der Waals surface area (Å²) in [5.74, 6) is -0.130. The van der Waals surface area contributed by atoms with E-state index in [0.29, 0.717) is 12.0 Å². The second kappa shape index (κ2) is 6.52. The van der Waals surface area contributed by atoms with Gasteiger partial charge in [-0.1, -0.05) is 26.7 Å². The Hall–Kier alpha value is -0.480.